The number of nitrogens with zero attached hydrogens (tertiary/aromatic N) is 2. The van der Waals surface area contributed by atoms with Crippen LogP contribution in [0.15, 0.2) is 48.5 Å². The number of aryl methyl sites for hydroxylation is 2. The van der Waals surface area contributed by atoms with Crippen LogP contribution in [-0.4, -0.2) is 21.5 Å². The lowest BCUT2D eigenvalue weighted by molar-refractivity contribution is 0.102. The summed E-state index contributed by atoms with van der Waals surface area (Å²) in [5.74, 6) is -0.741. The molecule has 0 aliphatic rings. The zero-order valence-corrected chi connectivity index (χ0v) is 15.6. The van der Waals surface area contributed by atoms with Crippen LogP contribution in [0.1, 0.15) is 32.1 Å². The zero-order chi connectivity index (χ0) is 18.8. The normalized spacial score (nSPS) is 10.6. The Morgan fingerprint density at radius 1 is 1.04 bits per heavy atom. The molecule has 132 valence electrons. The summed E-state index contributed by atoms with van der Waals surface area (Å²) in [4.78, 5) is 25.4. The Kier molecular flexibility index (Phi) is 5.11. The molecule has 1 heterocycles. The monoisotopic (exact) mass is 387 g/mol. The number of hydrogen-bond acceptors (Lipinski definition) is 3. The summed E-state index contributed by atoms with van der Waals surface area (Å²) in [5.41, 5.74) is 2.04. The van der Waals surface area contributed by atoms with E-state index in [9.17, 15) is 9.59 Å². The number of nitrogens with one attached hydrogen (secondary N) is 1. The molecule has 0 aliphatic carbocycles. The summed E-state index contributed by atoms with van der Waals surface area (Å²) in [7, 11) is 1.75. The molecule has 0 bridgehead atoms. The van der Waals surface area contributed by atoms with Crippen LogP contribution in [-0.2, 0) is 7.05 Å². The van der Waals surface area contributed by atoms with Crippen molar-refractivity contribution in [3.8, 4) is 0 Å². The van der Waals surface area contributed by atoms with Crippen LogP contribution in [0.5, 0.6) is 0 Å². The van der Waals surface area contributed by atoms with E-state index in [0.29, 0.717) is 21.3 Å². The second kappa shape index (κ2) is 7.32. The second-order valence-corrected chi connectivity index (χ2v) is 6.59. The van der Waals surface area contributed by atoms with E-state index in [-0.39, 0.29) is 17.0 Å². The third-order valence-electron chi connectivity index (χ3n) is 3.94. The highest BCUT2D eigenvalue weighted by Gasteiger charge is 2.19. The summed E-state index contributed by atoms with van der Waals surface area (Å²) in [6.45, 7) is 1.85. The van der Waals surface area contributed by atoms with Crippen LogP contribution in [0.2, 0.25) is 10.0 Å². The van der Waals surface area contributed by atoms with E-state index in [1.807, 2.05) is 6.92 Å². The molecule has 0 saturated heterocycles. The number of amides is 1. The van der Waals surface area contributed by atoms with Gasteiger partial charge in [0.25, 0.3) is 5.91 Å². The van der Waals surface area contributed by atoms with Gasteiger partial charge in [-0.15, -0.1) is 0 Å². The summed E-state index contributed by atoms with van der Waals surface area (Å²) in [6.07, 6.45) is 0. The first-order chi connectivity index (χ1) is 12.4. The van der Waals surface area contributed by atoms with Crippen molar-refractivity contribution in [2.75, 3.05) is 5.32 Å². The van der Waals surface area contributed by atoms with Crippen LogP contribution in [0, 0.1) is 6.92 Å². The topological polar surface area (TPSA) is 64.0 Å². The number of carbonyl (C=O) groups is 2. The Labute approximate surface area is 160 Å². The van der Waals surface area contributed by atoms with Crippen molar-refractivity contribution in [3.05, 3.63) is 81.1 Å². The fourth-order valence-corrected chi connectivity index (χ4v) is 2.86. The molecule has 0 unspecified atom stereocenters. The Balaban J connectivity index is 1.97. The molecule has 0 atom stereocenters. The quantitative estimate of drug-likeness (QED) is 0.669. The van der Waals surface area contributed by atoms with Crippen molar-refractivity contribution in [1.29, 1.82) is 0 Å². The summed E-state index contributed by atoms with van der Waals surface area (Å²) < 4.78 is 1.60. The first-order valence-electron chi connectivity index (χ1n) is 7.77. The van der Waals surface area contributed by atoms with Gasteiger partial charge in [0.1, 0.15) is 0 Å². The van der Waals surface area contributed by atoms with Crippen molar-refractivity contribution < 1.29 is 9.59 Å². The number of aromatic nitrogens is 2. The van der Waals surface area contributed by atoms with Gasteiger partial charge in [0.15, 0.2) is 11.5 Å². The lowest BCUT2D eigenvalue weighted by atomic mass is 10.0. The Morgan fingerprint density at radius 2 is 1.77 bits per heavy atom. The highest BCUT2D eigenvalue weighted by Crippen LogP contribution is 2.27. The lowest BCUT2D eigenvalue weighted by Crippen LogP contribution is -2.16. The number of carbonyl (C=O) groups excluding carboxylic acids is 2. The molecule has 1 amide bonds. The average molecular weight is 388 g/mol. The van der Waals surface area contributed by atoms with Gasteiger partial charge in [-0.2, -0.15) is 5.10 Å². The minimum Gasteiger partial charge on any atom is -0.320 e. The van der Waals surface area contributed by atoms with Crippen molar-refractivity contribution in [2.45, 2.75) is 6.92 Å². The fourth-order valence-electron chi connectivity index (χ4n) is 2.46. The average Bonchev–Trinajstić information content (AvgIpc) is 2.95. The lowest BCUT2D eigenvalue weighted by Gasteiger charge is -2.11. The molecule has 3 aromatic rings. The van der Waals surface area contributed by atoms with Gasteiger partial charge >= 0.3 is 0 Å². The first kappa shape index (κ1) is 18.2. The number of hydrogen-bond donors (Lipinski definition) is 1. The molecule has 0 saturated carbocycles. The van der Waals surface area contributed by atoms with E-state index in [1.165, 1.54) is 6.07 Å². The summed E-state index contributed by atoms with van der Waals surface area (Å²) in [5, 5.41) is 7.58. The van der Waals surface area contributed by atoms with Crippen LogP contribution in [0.4, 0.5) is 5.69 Å². The van der Waals surface area contributed by atoms with E-state index < -0.39 is 5.91 Å². The third-order valence-corrected chi connectivity index (χ3v) is 4.50. The number of benzene rings is 2. The fraction of sp³-hybridized carbons (Fsp3) is 0.105. The first-order valence-corrected chi connectivity index (χ1v) is 8.53. The van der Waals surface area contributed by atoms with Crippen molar-refractivity contribution in [2.24, 2.45) is 7.05 Å². The molecule has 0 aliphatic heterocycles. The molecule has 0 spiro atoms. The van der Waals surface area contributed by atoms with E-state index in [4.69, 9.17) is 23.2 Å². The molecule has 3 rings (SSSR count). The van der Waals surface area contributed by atoms with Gasteiger partial charge in [-0.25, -0.2) is 0 Å². The highest BCUT2D eigenvalue weighted by atomic mass is 35.5. The van der Waals surface area contributed by atoms with E-state index in [0.717, 1.165) is 5.69 Å². The van der Waals surface area contributed by atoms with Gasteiger partial charge in [0.05, 0.1) is 10.7 Å². The highest BCUT2D eigenvalue weighted by molar-refractivity contribution is 6.36. The van der Waals surface area contributed by atoms with Gasteiger partial charge in [0, 0.05) is 28.9 Å². The van der Waals surface area contributed by atoms with Gasteiger partial charge in [-0.1, -0.05) is 35.3 Å². The minimum absolute atomic E-state index is 0.256. The van der Waals surface area contributed by atoms with Crippen LogP contribution in [0.3, 0.4) is 0 Å². The van der Waals surface area contributed by atoms with Crippen molar-refractivity contribution in [1.82, 2.24) is 9.78 Å². The number of halogens is 2. The zero-order valence-electron chi connectivity index (χ0n) is 14.1. The standard InChI is InChI=1S/C19H15Cl2N3O2/c1-11-9-17(23-24(11)2)19(26)22-16-8-7-12(20)10-14(16)18(25)13-5-3-4-6-15(13)21/h3-10H,1-2H3,(H,22,26). The molecule has 5 nitrogen and oxygen atoms in total. The molecule has 0 radical (unpaired) electrons. The maximum Gasteiger partial charge on any atom is 0.276 e. The Bertz CT molecular complexity index is 992. The number of anilines is 1. The third kappa shape index (κ3) is 3.64. The molecule has 1 aromatic heterocycles. The van der Waals surface area contributed by atoms with Crippen molar-refractivity contribution in [3.63, 3.8) is 0 Å². The van der Waals surface area contributed by atoms with Crippen LogP contribution >= 0.6 is 23.2 Å². The maximum atomic E-state index is 12.9. The predicted molar refractivity (Wildman–Crippen MR) is 102 cm³/mol. The SMILES string of the molecule is Cc1cc(C(=O)Nc2ccc(Cl)cc2C(=O)c2ccccc2Cl)nn1C. The molecule has 2 aromatic carbocycles. The smallest absolute Gasteiger partial charge is 0.276 e. The number of ketones is 1. The second-order valence-electron chi connectivity index (χ2n) is 5.75. The number of rotatable bonds is 4. The minimum atomic E-state index is -0.413. The molecule has 0 fully saturated rings. The molecule has 7 heteroatoms. The van der Waals surface area contributed by atoms with Gasteiger partial charge in [0.2, 0.25) is 0 Å². The molecule has 26 heavy (non-hydrogen) atoms. The Hall–Kier alpha value is -2.63. The maximum absolute atomic E-state index is 12.9. The van der Waals surface area contributed by atoms with Crippen LogP contribution in [0.25, 0.3) is 0 Å². The van der Waals surface area contributed by atoms with E-state index >= 15 is 0 Å². The molecular weight excluding hydrogens is 373 g/mol. The molecule has 1 N–H and O–H groups in total. The predicted octanol–water partition coefficient (Wildman–Crippen LogP) is 4.52. The van der Waals surface area contributed by atoms with Crippen LogP contribution < -0.4 is 5.32 Å². The van der Waals surface area contributed by atoms with E-state index in [1.54, 1.807) is 54.2 Å². The van der Waals surface area contributed by atoms with E-state index in [2.05, 4.69) is 10.4 Å². The Morgan fingerprint density at radius 3 is 2.42 bits per heavy atom. The summed E-state index contributed by atoms with van der Waals surface area (Å²) in [6, 6.07) is 13.1. The largest absolute Gasteiger partial charge is 0.320 e. The summed E-state index contributed by atoms with van der Waals surface area (Å²) >= 11 is 12.2. The van der Waals surface area contributed by atoms with Gasteiger partial charge < -0.3 is 5.32 Å². The van der Waals surface area contributed by atoms with Gasteiger partial charge in [-0.3, -0.25) is 14.3 Å². The molecular formula is C19H15Cl2N3O2. The van der Waals surface area contributed by atoms with Gasteiger partial charge in [-0.05, 0) is 43.3 Å². The van der Waals surface area contributed by atoms with Crippen molar-refractivity contribution >= 4 is 40.6 Å².